The molecule has 1 N–H and O–H groups in total. The molecule has 0 aliphatic rings. The van der Waals surface area contributed by atoms with Gasteiger partial charge in [0.05, 0.1) is 17.0 Å². The second kappa shape index (κ2) is 7.63. The van der Waals surface area contributed by atoms with Crippen LogP contribution in [-0.2, 0) is 19.7 Å². The number of anilines is 1. The van der Waals surface area contributed by atoms with Crippen LogP contribution in [0.5, 0.6) is 0 Å². The lowest BCUT2D eigenvalue weighted by atomic mass is 9.85. The van der Waals surface area contributed by atoms with Gasteiger partial charge in [-0.05, 0) is 50.6 Å². The summed E-state index contributed by atoms with van der Waals surface area (Å²) in [7, 11) is 0. The molecule has 2 rings (SSSR count). The molecule has 2 aromatic rings. The number of rotatable bonds is 5. The molecule has 0 radical (unpaired) electrons. The van der Waals surface area contributed by atoms with Gasteiger partial charge < -0.3 is 10.1 Å². The standard InChI is InChI=1S/C20H20N2O3/c1-14(18(23)22-17-11-9-15(13-21)10-12-17)25-19(24)20(2,3)16-7-5-4-6-8-16/h4-12,14H,1-3H3,(H,22,23)/t14-/m1/s1. The first kappa shape index (κ1) is 18.2. The van der Waals surface area contributed by atoms with Gasteiger partial charge in [0.15, 0.2) is 6.10 Å². The van der Waals surface area contributed by atoms with E-state index in [1.165, 1.54) is 6.92 Å². The number of nitrogens with one attached hydrogen (secondary N) is 1. The molecule has 0 spiro atoms. The molecule has 0 aromatic heterocycles. The fourth-order valence-electron chi connectivity index (χ4n) is 2.21. The molecule has 0 aliphatic heterocycles. The van der Waals surface area contributed by atoms with Gasteiger partial charge in [0.2, 0.25) is 0 Å². The highest BCUT2D eigenvalue weighted by atomic mass is 16.5. The quantitative estimate of drug-likeness (QED) is 0.849. The zero-order valence-corrected chi connectivity index (χ0v) is 14.4. The first-order valence-corrected chi connectivity index (χ1v) is 7.92. The summed E-state index contributed by atoms with van der Waals surface area (Å²) in [6, 6.07) is 17.7. The van der Waals surface area contributed by atoms with Gasteiger partial charge in [-0.15, -0.1) is 0 Å². The highest BCUT2D eigenvalue weighted by Gasteiger charge is 2.33. The molecule has 1 atom stereocenters. The van der Waals surface area contributed by atoms with Gasteiger partial charge in [-0.3, -0.25) is 9.59 Å². The predicted octanol–water partition coefficient (Wildman–Crippen LogP) is 3.41. The van der Waals surface area contributed by atoms with Crippen molar-refractivity contribution in [2.75, 3.05) is 5.32 Å². The maximum Gasteiger partial charge on any atom is 0.316 e. The summed E-state index contributed by atoms with van der Waals surface area (Å²) < 4.78 is 5.35. The van der Waals surface area contributed by atoms with E-state index >= 15 is 0 Å². The van der Waals surface area contributed by atoms with Gasteiger partial charge >= 0.3 is 5.97 Å². The van der Waals surface area contributed by atoms with Crippen molar-refractivity contribution in [1.29, 1.82) is 5.26 Å². The fourth-order valence-corrected chi connectivity index (χ4v) is 2.21. The molecule has 0 bridgehead atoms. The van der Waals surface area contributed by atoms with Gasteiger partial charge in [-0.25, -0.2) is 0 Å². The Kier molecular flexibility index (Phi) is 5.56. The number of carbonyl (C=O) groups excluding carboxylic acids is 2. The molecule has 2 aromatic carbocycles. The van der Waals surface area contributed by atoms with Gasteiger partial charge in [0.25, 0.3) is 5.91 Å². The number of esters is 1. The maximum atomic E-state index is 12.5. The summed E-state index contributed by atoms with van der Waals surface area (Å²) in [6.07, 6.45) is -0.939. The molecule has 25 heavy (non-hydrogen) atoms. The van der Waals surface area contributed by atoms with Crippen LogP contribution in [0.3, 0.4) is 0 Å². The highest BCUT2D eigenvalue weighted by Crippen LogP contribution is 2.25. The normalized spacial score (nSPS) is 11.9. The van der Waals surface area contributed by atoms with Crippen LogP contribution in [0.15, 0.2) is 54.6 Å². The first-order chi connectivity index (χ1) is 11.8. The van der Waals surface area contributed by atoms with E-state index in [0.29, 0.717) is 11.3 Å². The van der Waals surface area contributed by atoms with E-state index in [4.69, 9.17) is 10.00 Å². The topological polar surface area (TPSA) is 79.2 Å². The minimum Gasteiger partial charge on any atom is -0.452 e. The Morgan fingerprint density at radius 3 is 2.24 bits per heavy atom. The average Bonchev–Trinajstić information content (AvgIpc) is 2.62. The molecule has 0 aliphatic carbocycles. The highest BCUT2D eigenvalue weighted by molar-refractivity contribution is 5.95. The third-order valence-corrected chi connectivity index (χ3v) is 3.94. The lowest BCUT2D eigenvalue weighted by molar-refractivity contribution is -0.158. The van der Waals surface area contributed by atoms with E-state index in [-0.39, 0.29) is 0 Å². The first-order valence-electron chi connectivity index (χ1n) is 7.92. The summed E-state index contributed by atoms with van der Waals surface area (Å²) in [5.41, 5.74) is 1.00. The molecular formula is C20H20N2O3. The van der Waals surface area contributed by atoms with Crippen LogP contribution in [0.4, 0.5) is 5.69 Å². The van der Waals surface area contributed by atoms with Crippen LogP contribution in [0.1, 0.15) is 31.9 Å². The minimum atomic E-state index is -0.939. The summed E-state index contributed by atoms with van der Waals surface area (Å²) in [6.45, 7) is 5.05. The van der Waals surface area contributed by atoms with E-state index in [2.05, 4.69) is 5.32 Å². The van der Waals surface area contributed by atoms with Crippen molar-refractivity contribution in [3.8, 4) is 6.07 Å². The monoisotopic (exact) mass is 336 g/mol. The third-order valence-electron chi connectivity index (χ3n) is 3.94. The largest absolute Gasteiger partial charge is 0.452 e. The van der Waals surface area contributed by atoms with Gasteiger partial charge in [-0.1, -0.05) is 30.3 Å². The molecule has 5 nitrogen and oxygen atoms in total. The molecule has 0 fully saturated rings. The van der Waals surface area contributed by atoms with E-state index in [0.717, 1.165) is 5.56 Å². The molecular weight excluding hydrogens is 316 g/mol. The van der Waals surface area contributed by atoms with E-state index in [9.17, 15) is 9.59 Å². The predicted molar refractivity (Wildman–Crippen MR) is 94.8 cm³/mol. The van der Waals surface area contributed by atoms with Gasteiger partial charge in [-0.2, -0.15) is 5.26 Å². The summed E-state index contributed by atoms with van der Waals surface area (Å²) in [4.78, 5) is 24.7. The van der Waals surface area contributed by atoms with Crippen LogP contribution < -0.4 is 5.32 Å². The number of amides is 1. The number of nitriles is 1. The van der Waals surface area contributed by atoms with Crippen molar-refractivity contribution in [3.05, 3.63) is 65.7 Å². The van der Waals surface area contributed by atoms with Crippen LogP contribution in [0, 0.1) is 11.3 Å². The van der Waals surface area contributed by atoms with Gasteiger partial charge in [0.1, 0.15) is 0 Å². The molecule has 5 heteroatoms. The van der Waals surface area contributed by atoms with E-state index in [1.807, 2.05) is 36.4 Å². The average molecular weight is 336 g/mol. The van der Waals surface area contributed by atoms with E-state index in [1.54, 1.807) is 38.1 Å². The number of nitrogens with zero attached hydrogens (tertiary/aromatic N) is 1. The van der Waals surface area contributed by atoms with Gasteiger partial charge in [0, 0.05) is 5.69 Å². The summed E-state index contributed by atoms with van der Waals surface area (Å²) >= 11 is 0. The van der Waals surface area contributed by atoms with Crippen molar-refractivity contribution in [2.45, 2.75) is 32.3 Å². The van der Waals surface area contributed by atoms with Crippen LogP contribution in [-0.4, -0.2) is 18.0 Å². The molecule has 0 unspecified atom stereocenters. The lowest BCUT2D eigenvalue weighted by Gasteiger charge is -2.25. The Hall–Kier alpha value is -3.13. The fraction of sp³-hybridized carbons (Fsp3) is 0.250. The van der Waals surface area contributed by atoms with Crippen molar-refractivity contribution < 1.29 is 14.3 Å². The number of carbonyl (C=O) groups is 2. The number of hydrogen-bond donors (Lipinski definition) is 1. The Labute approximate surface area is 147 Å². The smallest absolute Gasteiger partial charge is 0.316 e. The zero-order chi connectivity index (χ0) is 18.4. The summed E-state index contributed by atoms with van der Waals surface area (Å²) in [5.74, 6) is -0.900. The Bertz CT molecular complexity index is 790. The van der Waals surface area contributed by atoms with Crippen molar-refractivity contribution in [1.82, 2.24) is 0 Å². The molecule has 0 heterocycles. The number of ether oxygens (including phenoxy) is 1. The zero-order valence-electron chi connectivity index (χ0n) is 14.4. The Balaban J connectivity index is 2.00. The maximum absolute atomic E-state index is 12.5. The Morgan fingerprint density at radius 2 is 1.68 bits per heavy atom. The number of hydrogen-bond acceptors (Lipinski definition) is 4. The second-order valence-electron chi connectivity index (χ2n) is 6.22. The molecule has 0 saturated carbocycles. The second-order valence-corrected chi connectivity index (χ2v) is 6.22. The van der Waals surface area contributed by atoms with Crippen LogP contribution in [0.25, 0.3) is 0 Å². The Morgan fingerprint density at radius 1 is 1.08 bits per heavy atom. The van der Waals surface area contributed by atoms with Crippen LogP contribution in [0.2, 0.25) is 0 Å². The third kappa shape index (κ3) is 4.45. The number of benzene rings is 2. The lowest BCUT2D eigenvalue weighted by Crippen LogP contribution is -2.37. The van der Waals surface area contributed by atoms with Crippen molar-refractivity contribution >= 4 is 17.6 Å². The SMILES string of the molecule is C[C@@H](OC(=O)C(C)(C)c1ccccc1)C(=O)Nc1ccc(C#N)cc1. The minimum absolute atomic E-state index is 0.429. The van der Waals surface area contributed by atoms with Crippen molar-refractivity contribution in [2.24, 2.45) is 0 Å². The van der Waals surface area contributed by atoms with Crippen molar-refractivity contribution in [3.63, 3.8) is 0 Å². The van der Waals surface area contributed by atoms with Crippen LogP contribution >= 0.6 is 0 Å². The molecule has 128 valence electrons. The summed E-state index contributed by atoms with van der Waals surface area (Å²) in [5, 5.41) is 11.4. The molecule has 0 saturated heterocycles. The molecule has 1 amide bonds. The van der Waals surface area contributed by atoms with E-state index < -0.39 is 23.4 Å².